The lowest BCUT2D eigenvalue weighted by Crippen LogP contribution is -2.60. The van der Waals surface area contributed by atoms with Crippen molar-refractivity contribution in [3.8, 4) is 0 Å². The van der Waals surface area contributed by atoms with Gasteiger partial charge in [-0.05, 0) is 25.0 Å². The summed E-state index contributed by atoms with van der Waals surface area (Å²) < 4.78 is 5.80. The van der Waals surface area contributed by atoms with Crippen molar-refractivity contribution >= 4 is 17.7 Å². The van der Waals surface area contributed by atoms with Crippen molar-refractivity contribution in [3.05, 3.63) is 71.8 Å². The number of likely N-dealkylation sites (N-methyl/N-ethyl adjacent to an activating group) is 2. The van der Waals surface area contributed by atoms with Gasteiger partial charge in [0.05, 0.1) is 18.8 Å². The van der Waals surface area contributed by atoms with Gasteiger partial charge < -0.3 is 20.7 Å². The van der Waals surface area contributed by atoms with Crippen LogP contribution < -0.4 is 11.1 Å². The molecule has 3 amide bonds. The summed E-state index contributed by atoms with van der Waals surface area (Å²) in [5.74, 6) is -1.19. The number of nitrogens with two attached hydrogens (primary N) is 1. The summed E-state index contributed by atoms with van der Waals surface area (Å²) >= 11 is 0. The van der Waals surface area contributed by atoms with Gasteiger partial charge >= 0.3 is 0 Å². The fourth-order valence-electron chi connectivity index (χ4n) is 3.43. The van der Waals surface area contributed by atoms with Crippen LogP contribution in [0.1, 0.15) is 25.0 Å². The molecule has 0 aliphatic carbocycles. The summed E-state index contributed by atoms with van der Waals surface area (Å²) in [7, 11) is 6.73. The number of hydrogen-bond acceptors (Lipinski definition) is 6. The number of amides is 3. The van der Waals surface area contributed by atoms with E-state index >= 15 is 0 Å². The van der Waals surface area contributed by atoms with Gasteiger partial charge in [0, 0.05) is 34.6 Å². The number of nitrogens with zero attached hydrogens (tertiary/aromatic N) is 3. The molecular formula is C27H39N5O4. The van der Waals surface area contributed by atoms with Crippen LogP contribution in [0.5, 0.6) is 0 Å². The van der Waals surface area contributed by atoms with E-state index in [0.717, 1.165) is 11.1 Å². The monoisotopic (exact) mass is 497 g/mol. The highest BCUT2D eigenvalue weighted by Crippen LogP contribution is 2.14. The van der Waals surface area contributed by atoms with Gasteiger partial charge in [0.25, 0.3) is 5.91 Å². The van der Waals surface area contributed by atoms with E-state index in [2.05, 4.69) is 5.32 Å². The summed E-state index contributed by atoms with van der Waals surface area (Å²) in [6.07, 6.45) is 0.314. The van der Waals surface area contributed by atoms with Crippen molar-refractivity contribution in [2.24, 2.45) is 5.73 Å². The number of rotatable bonds is 12. The van der Waals surface area contributed by atoms with E-state index in [1.807, 2.05) is 60.7 Å². The van der Waals surface area contributed by atoms with E-state index < -0.39 is 29.4 Å². The topological polar surface area (TPSA) is 108 Å². The van der Waals surface area contributed by atoms with Crippen molar-refractivity contribution in [3.63, 3.8) is 0 Å². The quantitative estimate of drug-likeness (QED) is 0.430. The molecular weight excluding hydrogens is 458 g/mol. The van der Waals surface area contributed by atoms with Crippen LogP contribution in [0.15, 0.2) is 60.7 Å². The zero-order valence-electron chi connectivity index (χ0n) is 22.1. The minimum Gasteiger partial charge on any atom is -0.374 e. The molecule has 2 atom stereocenters. The molecule has 0 radical (unpaired) electrons. The maximum atomic E-state index is 13.7. The number of hydrazine groups is 1. The summed E-state index contributed by atoms with van der Waals surface area (Å²) in [4.78, 5) is 41.1. The Morgan fingerprint density at radius 3 is 1.92 bits per heavy atom. The Bertz CT molecular complexity index is 992. The van der Waals surface area contributed by atoms with E-state index in [4.69, 9.17) is 10.5 Å². The van der Waals surface area contributed by atoms with Crippen LogP contribution >= 0.6 is 0 Å². The molecule has 3 N–H and O–H groups in total. The molecule has 0 aliphatic rings. The number of ether oxygens (including phenoxy) is 1. The van der Waals surface area contributed by atoms with Gasteiger partial charge in [0.15, 0.2) is 0 Å². The van der Waals surface area contributed by atoms with Crippen LogP contribution in [0.2, 0.25) is 0 Å². The first kappa shape index (κ1) is 29.0. The highest BCUT2D eigenvalue weighted by atomic mass is 16.5. The Hall–Kier alpha value is -3.27. The van der Waals surface area contributed by atoms with Crippen LogP contribution in [0.25, 0.3) is 0 Å². The van der Waals surface area contributed by atoms with Crippen LogP contribution in [-0.2, 0) is 32.1 Å². The third-order valence-electron chi connectivity index (χ3n) is 5.88. The van der Waals surface area contributed by atoms with Crippen LogP contribution in [-0.4, -0.2) is 85.1 Å². The molecule has 2 aromatic rings. The molecule has 196 valence electrons. The highest BCUT2D eigenvalue weighted by molar-refractivity contribution is 5.94. The molecule has 0 aromatic heterocycles. The third kappa shape index (κ3) is 8.44. The van der Waals surface area contributed by atoms with Crippen molar-refractivity contribution < 1.29 is 19.1 Å². The number of carbonyl (C=O) groups is 3. The highest BCUT2D eigenvalue weighted by Gasteiger charge is 2.36. The van der Waals surface area contributed by atoms with Crippen LogP contribution in [0.3, 0.4) is 0 Å². The number of nitrogens with one attached hydrogen (secondary N) is 1. The lowest BCUT2D eigenvalue weighted by atomic mass is 10.0. The van der Waals surface area contributed by atoms with Gasteiger partial charge in [-0.1, -0.05) is 60.7 Å². The van der Waals surface area contributed by atoms with Crippen LogP contribution in [0, 0.1) is 0 Å². The second-order valence-corrected chi connectivity index (χ2v) is 9.61. The summed E-state index contributed by atoms with van der Waals surface area (Å²) in [5.41, 5.74) is 6.62. The average molecular weight is 498 g/mol. The van der Waals surface area contributed by atoms with E-state index in [1.54, 1.807) is 47.0 Å². The minimum atomic E-state index is -1.19. The van der Waals surface area contributed by atoms with Crippen molar-refractivity contribution in [2.45, 2.75) is 44.5 Å². The van der Waals surface area contributed by atoms with Gasteiger partial charge in [0.1, 0.15) is 12.1 Å². The largest absolute Gasteiger partial charge is 0.374 e. The Kier molecular flexibility index (Phi) is 10.6. The fraction of sp³-hybridized carbons (Fsp3) is 0.444. The van der Waals surface area contributed by atoms with Gasteiger partial charge in [0.2, 0.25) is 11.8 Å². The Labute approximate surface area is 214 Å². The van der Waals surface area contributed by atoms with Gasteiger partial charge in [-0.15, -0.1) is 0 Å². The standard InChI is InChI=1S/C27H39N5O4/c1-27(2,28)26(35)29-22(19-36-18-21-15-11-8-12-16-21)24(33)31(5)23(25(34)32(6)30(3)4)17-20-13-9-7-10-14-20/h7-16,22-23H,17-19,28H2,1-6H3,(H,29,35). The third-order valence-corrected chi connectivity index (χ3v) is 5.88. The molecule has 9 nitrogen and oxygen atoms in total. The average Bonchev–Trinajstić information content (AvgIpc) is 2.85. The van der Waals surface area contributed by atoms with Gasteiger partial charge in [-0.25, -0.2) is 5.01 Å². The second kappa shape index (κ2) is 13.2. The molecule has 9 heteroatoms. The fourth-order valence-corrected chi connectivity index (χ4v) is 3.43. The number of hydrogen-bond donors (Lipinski definition) is 2. The van der Waals surface area contributed by atoms with Crippen molar-refractivity contribution in [1.29, 1.82) is 0 Å². The predicted molar refractivity (Wildman–Crippen MR) is 139 cm³/mol. The Balaban J connectivity index is 2.28. The number of benzene rings is 2. The molecule has 0 saturated heterocycles. The summed E-state index contributed by atoms with van der Waals surface area (Å²) in [6, 6.07) is 17.2. The SMILES string of the molecule is CN(C(=O)C(COCc1ccccc1)NC(=O)C(C)(C)N)C(Cc1ccccc1)C(=O)N(C)N(C)C. The smallest absolute Gasteiger partial charge is 0.259 e. The molecule has 2 aromatic carbocycles. The molecule has 0 heterocycles. The molecule has 0 aliphatic heterocycles. The minimum absolute atomic E-state index is 0.0738. The maximum absolute atomic E-state index is 13.7. The first-order valence-corrected chi connectivity index (χ1v) is 11.9. The molecule has 36 heavy (non-hydrogen) atoms. The molecule has 0 spiro atoms. The maximum Gasteiger partial charge on any atom is 0.259 e. The van der Waals surface area contributed by atoms with Crippen molar-refractivity contribution in [1.82, 2.24) is 20.2 Å². The van der Waals surface area contributed by atoms with Gasteiger partial charge in [-0.3, -0.25) is 19.4 Å². The van der Waals surface area contributed by atoms with Crippen LogP contribution in [0.4, 0.5) is 0 Å². The summed E-state index contributed by atoms with van der Waals surface area (Å²) in [5, 5.41) is 5.83. The normalized spacial score (nSPS) is 13.1. The molecule has 2 rings (SSSR count). The molecule has 2 unspecified atom stereocenters. The lowest BCUT2D eigenvalue weighted by molar-refractivity contribution is -0.153. The molecule has 0 fully saturated rings. The van der Waals surface area contributed by atoms with Crippen molar-refractivity contribution in [2.75, 3.05) is 34.8 Å². The second-order valence-electron chi connectivity index (χ2n) is 9.61. The molecule has 0 bridgehead atoms. The van der Waals surface area contributed by atoms with Gasteiger partial charge in [-0.2, -0.15) is 0 Å². The lowest BCUT2D eigenvalue weighted by Gasteiger charge is -2.35. The first-order valence-electron chi connectivity index (χ1n) is 11.9. The van der Waals surface area contributed by atoms with E-state index in [1.165, 1.54) is 9.91 Å². The Morgan fingerprint density at radius 2 is 1.42 bits per heavy atom. The molecule has 0 saturated carbocycles. The summed E-state index contributed by atoms with van der Waals surface area (Å²) in [6.45, 7) is 3.32. The van der Waals surface area contributed by atoms with E-state index in [-0.39, 0.29) is 19.1 Å². The zero-order chi connectivity index (χ0) is 26.9. The predicted octanol–water partition coefficient (Wildman–Crippen LogP) is 1.43. The van der Waals surface area contributed by atoms with E-state index in [0.29, 0.717) is 6.42 Å². The Morgan fingerprint density at radius 1 is 0.889 bits per heavy atom. The first-order chi connectivity index (χ1) is 16.9. The zero-order valence-corrected chi connectivity index (χ0v) is 22.1. The number of carbonyl (C=O) groups excluding carboxylic acids is 3. The van der Waals surface area contributed by atoms with E-state index in [9.17, 15) is 14.4 Å².